The molecule has 0 heterocycles. The molecule has 0 aromatic heterocycles. The van der Waals surface area contributed by atoms with E-state index in [0.29, 0.717) is 5.57 Å². The molecule has 3 aromatic carbocycles. The molecule has 2 heteroatoms. The lowest BCUT2D eigenvalue weighted by Crippen LogP contribution is -1.82. The van der Waals surface area contributed by atoms with Crippen LogP contribution in [0, 0.1) is 11.3 Å². The molecule has 3 rings (SSSR count). The van der Waals surface area contributed by atoms with Crippen LogP contribution in [-0.2, 0) is 0 Å². The molecule has 0 aliphatic heterocycles. The quantitative estimate of drug-likeness (QED) is 0.546. The third kappa shape index (κ3) is 2.77. The van der Waals surface area contributed by atoms with Crippen LogP contribution in [0.25, 0.3) is 22.4 Å². The van der Waals surface area contributed by atoms with Gasteiger partial charge in [0.1, 0.15) is 5.75 Å². The van der Waals surface area contributed by atoms with E-state index < -0.39 is 0 Å². The Bertz CT molecular complexity index is 855. The Morgan fingerprint density at radius 3 is 2.33 bits per heavy atom. The van der Waals surface area contributed by atoms with Crippen LogP contribution < -0.4 is 0 Å². The highest BCUT2D eigenvalue weighted by Crippen LogP contribution is 2.22. The van der Waals surface area contributed by atoms with E-state index in [1.807, 2.05) is 30.3 Å². The molecule has 0 spiro atoms. The van der Waals surface area contributed by atoms with Crippen molar-refractivity contribution < 1.29 is 5.11 Å². The summed E-state index contributed by atoms with van der Waals surface area (Å²) in [5.74, 6) is 0.196. The normalized spacial score (nSPS) is 11.3. The zero-order valence-electron chi connectivity index (χ0n) is 11.3. The second-order valence-corrected chi connectivity index (χ2v) is 4.82. The van der Waals surface area contributed by atoms with Crippen LogP contribution in [0.3, 0.4) is 0 Å². The Labute approximate surface area is 123 Å². The van der Waals surface area contributed by atoms with Gasteiger partial charge in [0.2, 0.25) is 0 Å². The Morgan fingerprint density at radius 1 is 0.905 bits per heavy atom. The molecule has 1 N–H and O–H groups in total. The first-order chi connectivity index (χ1) is 10.3. The van der Waals surface area contributed by atoms with Gasteiger partial charge >= 0.3 is 0 Å². The lowest BCUT2D eigenvalue weighted by Gasteiger charge is -2.02. The third-order valence-electron chi connectivity index (χ3n) is 3.38. The molecule has 0 unspecified atom stereocenters. The molecule has 0 atom stereocenters. The minimum absolute atomic E-state index is 0.196. The van der Waals surface area contributed by atoms with Crippen LogP contribution in [0.5, 0.6) is 5.75 Å². The summed E-state index contributed by atoms with van der Waals surface area (Å²) in [4.78, 5) is 0. The molecule has 0 aliphatic carbocycles. The van der Waals surface area contributed by atoms with Gasteiger partial charge in [0.15, 0.2) is 0 Å². The lowest BCUT2D eigenvalue weighted by atomic mass is 10.0. The number of fused-ring (bicyclic) bond motifs is 1. The van der Waals surface area contributed by atoms with Gasteiger partial charge in [0.25, 0.3) is 0 Å². The van der Waals surface area contributed by atoms with E-state index >= 15 is 0 Å². The number of nitrogens with zero attached hydrogens (tertiary/aromatic N) is 1. The van der Waals surface area contributed by atoms with Crippen LogP contribution >= 0.6 is 0 Å². The van der Waals surface area contributed by atoms with E-state index in [1.54, 1.807) is 24.3 Å². The van der Waals surface area contributed by atoms with Gasteiger partial charge in [-0.3, -0.25) is 0 Å². The monoisotopic (exact) mass is 271 g/mol. The van der Waals surface area contributed by atoms with Crippen molar-refractivity contribution in [1.82, 2.24) is 0 Å². The Balaban J connectivity index is 2.04. The first kappa shape index (κ1) is 13.0. The third-order valence-corrected chi connectivity index (χ3v) is 3.38. The van der Waals surface area contributed by atoms with Crippen LogP contribution in [0.2, 0.25) is 0 Å². The minimum atomic E-state index is 0.196. The molecular weight excluding hydrogens is 258 g/mol. The van der Waals surface area contributed by atoms with Crippen LogP contribution in [0.1, 0.15) is 11.1 Å². The summed E-state index contributed by atoms with van der Waals surface area (Å²) in [5, 5.41) is 21.0. The number of phenols is 1. The maximum Gasteiger partial charge on any atom is 0.115 e. The maximum absolute atomic E-state index is 9.34. The molecule has 0 aliphatic rings. The minimum Gasteiger partial charge on any atom is -0.508 e. The van der Waals surface area contributed by atoms with E-state index in [0.717, 1.165) is 16.5 Å². The molecule has 0 bridgehead atoms. The average Bonchev–Trinajstić information content (AvgIpc) is 2.53. The molecule has 2 nitrogen and oxygen atoms in total. The highest BCUT2D eigenvalue weighted by molar-refractivity contribution is 5.92. The Kier molecular flexibility index (Phi) is 3.41. The van der Waals surface area contributed by atoms with Crippen LogP contribution in [0.15, 0.2) is 66.7 Å². The number of rotatable bonds is 2. The molecule has 3 aromatic rings. The van der Waals surface area contributed by atoms with Gasteiger partial charge in [-0.15, -0.1) is 0 Å². The summed E-state index contributed by atoms with van der Waals surface area (Å²) < 4.78 is 0. The van der Waals surface area contributed by atoms with E-state index in [2.05, 4.69) is 24.3 Å². The smallest absolute Gasteiger partial charge is 0.115 e. The first-order valence-electron chi connectivity index (χ1n) is 6.66. The topological polar surface area (TPSA) is 44.0 Å². The number of benzene rings is 3. The van der Waals surface area contributed by atoms with Crippen molar-refractivity contribution in [3.8, 4) is 11.8 Å². The molecule has 0 fully saturated rings. The van der Waals surface area contributed by atoms with Crippen molar-refractivity contribution in [2.45, 2.75) is 0 Å². The highest BCUT2D eigenvalue weighted by Gasteiger charge is 2.02. The van der Waals surface area contributed by atoms with Gasteiger partial charge in [0.05, 0.1) is 11.6 Å². The van der Waals surface area contributed by atoms with Gasteiger partial charge in [-0.2, -0.15) is 5.26 Å². The Hall–Kier alpha value is -3.05. The van der Waals surface area contributed by atoms with E-state index in [9.17, 15) is 10.4 Å². The SMILES string of the molecule is N#CC(=Cc1ccc2ccccc2c1)c1ccc(O)cc1. The summed E-state index contributed by atoms with van der Waals surface area (Å²) in [7, 11) is 0. The van der Waals surface area contributed by atoms with E-state index in [1.165, 1.54) is 5.39 Å². The van der Waals surface area contributed by atoms with E-state index in [4.69, 9.17) is 0 Å². The highest BCUT2D eigenvalue weighted by atomic mass is 16.3. The first-order valence-corrected chi connectivity index (χ1v) is 6.66. The summed E-state index contributed by atoms with van der Waals surface area (Å²) >= 11 is 0. The second kappa shape index (κ2) is 5.52. The van der Waals surface area contributed by atoms with Crippen molar-refractivity contribution in [2.75, 3.05) is 0 Å². The molecule has 100 valence electrons. The molecule has 0 amide bonds. The van der Waals surface area contributed by atoms with Gasteiger partial charge in [-0.25, -0.2) is 0 Å². The summed E-state index contributed by atoms with van der Waals surface area (Å²) in [6, 6.07) is 23.1. The fraction of sp³-hybridized carbons (Fsp3) is 0. The Morgan fingerprint density at radius 2 is 1.62 bits per heavy atom. The standard InChI is InChI=1S/C19H13NO/c20-13-18(16-7-9-19(21)10-8-16)12-14-5-6-15-3-1-2-4-17(15)11-14/h1-12,21H. The van der Waals surface area contributed by atoms with Gasteiger partial charge in [0, 0.05) is 0 Å². The summed E-state index contributed by atoms with van der Waals surface area (Å²) in [6.45, 7) is 0. The van der Waals surface area contributed by atoms with Crippen molar-refractivity contribution in [3.05, 3.63) is 77.9 Å². The van der Waals surface area contributed by atoms with Gasteiger partial charge in [-0.1, -0.05) is 36.4 Å². The fourth-order valence-corrected chi connectivity index (χ4v) is 2.29. The summed E-state index contributed by atoms with van der Waals surface area (Å²) in [6.07, 6.45) is 1.86. The molecule has 0 saturated heterocycles. The molecule has 0 radical (unpaired) electrons. The maximum atomic E-state index is 9.34. The van der Waals surface area contributed by atoms with Crippen LogP contribution in [0.4, 0.5) is 0 Å². The van der Waals surface area contributed by atoms with Gasteiger partial charge in [-0.05, 0) is 58.3 Å². The number of hydrogen-bond acceptors (Lipinski definition) is 2. The van der Waals surface area contributed by atoms with Crippen molar-refractivity contribution >= 4 is 22.4 Å². The number of nitriles is 1. The van der Waals surface area contributed by atoms with E-state index in [-0.39, 0.29) is 5.75 Å². The predicted molar refractivity (Wildman–Crippen MR) is 85.5 cm³/mol. The van der Waals surface area contributed by atoms with Crippen LogP contribution in [-0.4, -0.2) is 5.11 Å². The number of allylic oxidation sites excluding steroid dienone is 1. The zero-order chi connectivity index (χ0) is 14.7. The number of aromatic hydroxyl groups is 1. The summed E-state index contributed by atoms with van der Waals surface area (Å²) in [5.41, 5.74) is 2.35. The second-order valence-electron chi connectivity index (χ2n) is 4.82. The lowest BCUT2D eigenvalue weighted by molar-refractivity contribution is 0.475. The largest absolute Gasteiger partial charge is 0.508 e. The number of phenolic OH excluding ortho intramolecular Hbond substituents is 1. The van der Waals surface area contributed by atoms with Gasteiger partial charge < -0.3 is 5.11 Å². The number of hydrogen-bond donors (Lipinski definition) is 1. The van der Waals surface area contributed by atoms with Crippen molar-refractivity contribution in [2.24, 2.45) is 0 Å². The predicted octanol–water partition coefficient (Wildman–Crippen LogP) is 4.61. The fourth-order valence-electron chi connectivity index (χ4n) is 2.29. The zero-order valence-corrected chi connectivity index (χ0v) is 11.3. The molecular formula is C19H13NO. The molecule has 21 heavy (non-hydrogen) atoms. The average molecular weight is 271 g/mol. The van der Waals surface area contributed by atoms with Crippen molar-refractivity contribution in [3.63, 3.8) is 0 Å². The molecule has 0 saturated carbocycles. The van der Waals surface area contributed by atoms with Crippen molar-refractivity contribution in [1.29, 1.82) is 5.26 Å².